The summed E-state index contributed by atoms with van der Waals surface area (Å²) < 4.78 is 87.5. The van der Waals surface area contributed by atoms with Crippen molar-refractivity contribution in [1.29, 1.82) is 0 Å². The number of alkyl halides is 3. The van der Waals surface area contributed by atoms with Gasteiger partial charge in [0.2, 0.25) is 0 Å². The largest absolute Gasteiger partial charge is 0.416 e. The van der Waals surface area contributed by atoms with Crippen LogP contribution in [-0.2, 0) is 6.18 Å². The van der Waals surface area contributed by atoms with Gasteiger partial charge >= 0.3 is 6.18 Å². The van der Waals surface area contributed by atoms with Crippen molar-refractivity contribution in [3.05, 3.63) is 169 Å². The number of para-hydroxylation sites is 2. The molecule has 0 aliphatic heterocycles. The van der Waals surface area contributed by atoms with Gasteiger partial charge in [0.05, 0.1) is 54.0 Å². The molecule has 0 saturated heterocycles. The molecule has 0 bridgehead atoms. The van der Waals surface area contributed by atoms with Gasteiger partial charge < -0.3 is 9.13 Å². The first-order chi connectivity index (χ1) is 28.3. The molecule has 2 nitrogen and oxygen atoms in total. The highest BCUT2D eigenvalue weighted by molar-refractivity contribution is 7.27. The number of thiophene rings is 2. The topological polar surface area (TPSA) is 9.86 Å². The van der Waals surface area contributed by atoms with Gasteiger partial charge in [-0.05, 0) is 48.5 Å². The number of halogens is 5. The first kappa shape index (κ1) is 33.6. The van der Waals surface area contributed by atoms with Crippen LogP contribution in [0.1, 0.15) is 5.56 Å². The Morgan fingerprint density at radius 1 is 0.397 bits per heavy atom. The van der Waals surface area contributed by atoms with E-state index in [9.17, 15) is 0 Å². The van der Waals surface area contributed by atoms with Gasteiger partial charge in [-0.15, -0.1) is 22.7 Å². The monoisotopic (exact) mass is 800 g/mol. The molecule has 4 heterocycles. The van der Waals surface area contributed by atoms with Crippen LogP contribution in [0.3, 0.4) is 0 Å². The van der Waals surface area contributed by atoms with E-state index in [2.05, 4.69) is 12.1 Å². The van der Waals surface area contributed by atoms with Crippen LogP contribution in [0.2, 0.25) is 0 Å². The molecule has 4 aromatic heterocycles. The van der Waals surface area contributed by atoms with Crippen molar-refractivity contribution < 1.29 is 22.0 Å². The standard InChI is InChI=1S/C49H25F5N2S2/c50-35-14-9-15-36(51)43(35)44-39(55-37-16-5-1-10-27(37)31-20-22-33-29-12-3-7-18-41(29)57-47(33)45(31)55)24-26(49(52,53)54)25-40(44)56-38-17-6-2-11-28(38)32-21-23-34-30-13-4-8-19-42(30)58-48(34)46(32)56/h1-25H. The van der Waals surface area contributed by atoms with Gasteiger partial charge in [0.25, 0.3) is 0 Å². The molecule has 0 unspecified atom stereocenters. The third-order valence-corrected chi connectivity index (χ3v) is 13.9. The summed E-state index contributed by atoms with van der Waals surface area (Å²) in [7, 11) is 0. The van der Waals surface area contributed by atoms with E-state index in [-0.39, 0.29) is 16.9 Å². The summed E-state index contributed by atoms with van der Waals surface area (Å²) in [4.78, 5) is 0. The van der Waals surface area contributed by atoms with E-state index in [4.69, 9.17) is 0 Å². The first-order valence-corrected chi connectivity index (χ1v) is 20.3. The molecule has 0 aliphatic rings. The molecule has 0 radical (unpaired) electrons. The van der Waals surface area contributed by atoms with Crippen LogP contribution in [-0.4, -0.2) is 9.13 Å². The van der Waals surface area contributed by atoms with Crippen LogP contribution in [0.25, 0.3) is 106 Å². The van der Waals surface area contributed by atoms with Gasteiger partial charge in [-0.2, -0.15) is 13.2 Å². The Hall–Kier alpha value is -6.55. The summed E-state index contributed by atoms with van der Waals surface area (Å²) >= 11 is 3.09. The number of aromatic nitrogens is 2. The van der Waals surface area contributed by atoms with Crippen LogP contribution < -0.4 is 0 Å². The number of benzene rings is 8. The summed E-state index contributed by atoms with van der Waals surface area (Å²) in [5.41, 5.74) is 1.23. The molecule has 278 valence electrons. The fourth-order valence-corrected chi connectivity index (χ4v) is 11.6. The summed E-state index contributed by atoms with van der Waals surface area (Å²) in [6.45, 7) is 0. The predicted molar refractivity (Wildman–Crippen MR) is 231 cm³/mol. The van der Waals surface area contributed by atoms with E-state index in [1.165, 1.54) is 6.07 Å². The zero-order valence-electron chi connectivity index (χ0n) is 30.0. The molecule has 58 heavy (non-hydrogen) atoms. The molecular formula is C49H25F5N2S2. The zero-order chi connectivity index (χ0) is 39.0. The lowest BCUT2D eigenvalue weighted by molar-refractivity contribution is -0.137. The fraction of sp³-hybridized carbons (Fsp3) is 0.0204. The Morgan fingerprint density at radius 3 is 1.28 bits per heavy atom. The minimum absolute atomic E-state index is 0.00475. The van der Waals surface area contributed by atoms with Crippen molar-refractivity contribution in [3.63, 3.8) is 0 Å². The Kier molecular flexibility index (Phi) is 6.94. The quantitative estimate of drug-likeness (QED) is 0.158. The minimum atomic E-state index is -4.83. The maximum atomic E-state index is 16.7. The Balaban J connectivity index is 1.35. The van der Waals surface area contributed by atoms with Crippen molar-refractivity contribution in [2.75, 3.05) is 0 Å². The van der Waals surface area contributed by atoms with E-state index < -0.39 is 28.9 Å². The predicted octanol–water partition coefficient (Wildman–Crippen LogP) is 15.6. The van der Waals surface area contributed by atoms with Crippen LogP contribution in [0.5, 0.6) is 0 Å². The SMILES string of the molecule is Fc1cccc(F)c1-c1c(-n2c3ccccc3c3ccc4c5ccccc5sc4c32)cc(C(F)(F)F)cc1-n1c2ccccc2c2ccc3c4ccccc4sc3c21. The maximum absolute atomic E-state index is 16.7. The van der Waals surface area contributed by atoms with Crippen molar-refractivity contribution in [2.24, 2.45) is 0 Å². The zero-order valence-corrected chi connectivity index (χ0v) is 31.7. The van der Waals surface area contributed by atoms with Crippen molar-refractivity contribution >= 4 is 107 Å². The second-order valence-corrected chi connectivity index (χ2v) is 16.7. The highest BCUT2D eigenvalue weighted by atomic mass is 32.1. The third kappa shape index (κ3) is 4.57. The van der Waals surface area contributed by atoms with Gasteiger partial charge in [-0.3, -0.25) is 0 Å². The number of fused-ring (bicyclic) bond motifs is 14. The second-order valence-electron chi connectivity index (χ2n) is 14.6. The lowest BCUT2D eigenvalue weighted by Crippen LogP contribution is -2.12. The Labute approximate surface area is 333 Å². The Bertz CT molecular complexity index is 3480. The van der Waals surface area contributed by atoms with Crippen LogP contribution >= 0.6 is 22.7 Å². The van der Waals surface area contributed by atoms with Crippen LogP contribution in [0.15, 0.2) is 152 Å². The summed E-state index contributed by atoms with van der Waals surface area (Å²) in [5, 5.41) is 7.16. The van der Waals surface area contributed by atoms with Gasteiger partial charge in [0.1, 0.15) is 11.6 Å². The normalized spacial score (nSPS) is 12.6. The molecule has 0 atom stereocenters. The third-order valence-electron chi connectivity index (χ3n) is 11.5. The fourth-order valence-electron chi connectivity index (χ4n) is 9.08. The molecule has 0 spiro atoms. The molecule has 0 N–H and O–H groups in total. The Morgan fingerprint density at radius 2 is 0.810 bits per heavy atom. The van der Waals surface area contributed by atoms with E-state index in [1.54, 1.807) is 31.8 Å². The molecule has 0 saturated carbocycles. The maximum Gasteiger partial charge on any atom is 0.416 e. The van der Waals surface area contributed by atoms with Crippen molar-refractivity contribution in [2.45, 2.75) is 6.18 Å². The van der Waals surface area contributed by atoms with Crippen LogP contribution in [0.4, 0.5) is 22.0 Å². The molecule has 0 amide bonds. The van der Waals surface area contributed by atoms with Gasteiger partial charge in [0, 0.05) is 58.1 Å². The molecule has 9 heteroatoms. The number of hydrogen-bond donors (Lipinski definition) is 0. The van der Waals surface area contributed by atoms with Gasteiger partial charge in [-0.25, -0.2) is 8.78 Å². The highest BCUT2D eigenvalue weighted by Gasteiger charge is 2.36. The number of hydrogen-bond acceptors (Lipinski definition) is 2. The smallest absolute Gasteiger partial charge is 0.307 e. The minimum Gasteiger partial charge on any atom is -0.307 e. The lowest BCUT2D eigenvalue weighted by Gasteiger charge is -2.23. The van der Waals surface area contributed by atoms with E-state index in [0.29, 0.717) is 22.1 Å². The molecular weight excluding hydrogens is 776 g/mol. The van der Waals surface area contributed by atoms with Crippen molar-refractivity contribution in [3.8, 4) is 22.5 Å². The molecule has 0 fully saturated rings. The lowest BCUT2D eigenvalue weighted by atomic mass is 9.96. The summed E-state index contributed by atoms with van der Waals surface area (Å²) in [6.07, 6.45) is -4.83. The van der Waals surface area contributed by atoms with Crippen molar-refractivity contribution in [1.82, 2.24) is 9.13 Å². The highest BCUT2D eigenvalue weighted by Crippen LogP contribution is 2.50. The number of nitrogens with zero attached hydrogens (tertiary/aromatic N) is 2. The molecule has 12 rings (SSSR count). The summed E-state index contributed by atoms with van der Waals surface area (Å²) in [5.74, 6) is -1.77. The average Bonchev–Trinajstić information content (AvgIpc) is 3.98. The molecule has 8 aromatic carbocycles. The number of rotatable bonds is 3. The molecule has 0 aliphatic carbocycles. The van der Waals surface area contributed by atoms with Gasteiger partial charge in [-0.1, -0.05) is 103 Å². The summed E-state index contributed by atoms with van der Waals surface area (Å²) in [6, 6.07) is 44.9. The van der Waals surface area contributed by atoms with E-state index in [1.807, 2.05) is 109 Å². The van der Waals surface area contributed by atoms with E-state index >= 15 is 22.0 Å². The first-order valence-electron chi connectivity index (χ1n) is 18.6. The van der Waals surface area contributed by atoms with Gasteiger partial charge in [0.15, 0.2) is 0 Å². The second kappa shape index (κ2) is 12.0. The van der Waals surface area contributed by atoms with Crippen LogP contribution in [0, 0.1) is 11.6 Å². The van der Waals surface area contributed by atoms with E-state index in [0.717, 1.165) is 86.2 Å². The average molecular weight is 801 g/mol. The molecule has 12 aromatic rings.